The summed E-state index contributed by atoms with van der Waals surface area (Å²) >= 11 is 0. The summed E-state index contributed by atoms with van der Waals surface area (Å²) in [4.78, 5) is 21.4. The van der Waals surface area contributed by atoms with E-state index >= 15 is 0 Å². The fraction of sp³-hybridized carbons (Fsp3) is 0.500. The fourth-order valence-corrected chi connectivity index (χ4v) is 1.52. The Bertz CT molecular complexity index is 402. The number of aliphatic hydroxyl groups excluding tert-OH is 1. The summed E-state index contributed by atoms with van der Waals surface area (Å²) in [6, 6.07) is 2.05. The number of hydrogen-bond donors (Lipinski definition) is 1. The van der Waals surface area contributed by atoms with E-state index in [-0.39, 0.29) is 12.4 Å². The molecule has 0 spiro atoms. The highest BCUT2D eigenvalue weighted by atomic mass is 16.3. The molecule has 0 atom stereocenters. The summed E-state index contributed by atoms with van der Waals surface area (Å²) in [5.41, 5.74) is 0.349. The Morgan fingerprint density at radius 1 is 1.39 bits per heavy atom. The zero-order chi connectivity index (χ0) is 13.2. The van der Waals surface area contributed by atoms with Gasteiger partial charge in [0.15, 0.2) is 5.78 Å². The molecule has 1 N–H and O–H groups in total. The van der Waals surface area contributed by atoms with Crippen LogP contribution in [-0.2, 0) is 0 Å². The molecule has 1 rings (SSSR count). The van der Waals surface area contributed by atoms with Gasteiger partial charge in [-0.3, -0.25) is 14.7 Å². The Hall–Kier alpha value is -1.84. The van der Waals surface area contributed by atoms with Crippen LogP contribution in [-0.4, -0.2) is 52.0 Å². The zero-order valence-corrected chi connectivity index (χ0v) is 10.1. The molecule has 0 saturated heterocycles. The SMILES string of the molecule is N#CCCN(CCO)CCC(=O)c1cnccn1. The van der Waals surface area contributed by atoms with Gasteiger partial charge in [-0.15, -0.1) is 0 Å². The van der Waals surface area contributed by atoms with Crippen LogP contribution in [0.1, 0.15) is 23.3 Å². The summed E-state index contributed by atoms with van der Waals surface area (Å²) in [5.74, 6) is -0.0806. The number of Topliss-reactive ketones (excluding diaryl/α,β-unsaturated/α-hetero) is 1. The highest BCUT2D eigenvalue weighted by Gasteiger charge is 2.10. The van der Waals surface area contributed by atoms with Crippen molar-refractivity contribution in [3.8, 4) is 6.07 Å². The molecule has 0 bridgehead atoms. The molecule has 0 aliphatic heterocycles. The maximum absolute atomic E-state index is 11.8. The third kappa shape index (κ3) is 4.99. The number of aliphatic hydroxyl groups is 1. The van der Waals surface area contributed by atoms with Crippen molar-refractivity contribution < 1.29 is 9.90 Å². The molecule has 96 valence electrons. The van der Waals surface area contributed by atoms with Crippen LogP contribution in [0.5, 0.6) is 0 Å². The maximum Gasteiger partial charge on any atom is 0.184 e. The largest absolute Gasteiger partial charge is 0.395 e. The number of hydrogen-bond acceptors (Lipinski definition) is 6. The molecule has 6 heteroatoms. The number of aromatic nitrogens is 2. The summed E-state index contributed by atoms with van der Waals surface area (Å²) in [7, 11) is 0. The average Bonchev–Trinajstić information content (AvgIpc) is 2.42. The van der Waals surface area contributed by atoms with Gasteiger partial charge in [-0.1, -0.05) is 0 Å². The molecule has 0 aromatic carbocycles. The maximum atomic E-state index is 11.8. The van der Waals surface area contributed by atoms with Crippen LogP contribution >= 0.6 is 0 Å². The van der Waals surface area contributed by atoms with Crippen LogP contribution in [0.2, 0.25) is 0 Å². The number of nitrogens with zero attached hydrogens (tertiary/aromatic N) is 4. The van der Waals surface area contributed by atoms with Crippen molar-refractivity contribution >= 4 is 5.78 Å². The molecule has 0 aliphatic rings. The van der Waals surface area contributed by atoms with E-state index < -0.39 is 0 Å². The molecule has 1 aromatic rings. The molecule has 0 aliphatic carbocycles. The summed E-state index contributed by atoms with van der Waals surface area (Å²) in [6.45, 7) is 1.56. The van der Waals surface area contributed by atoms with E-state index in [1.807, 2.05) is 11.0 Å². The van der Waals surface area contributed by atoms with Gasteiger partial charge in [-0.2, -0.15) is 5.26 Å². The first-order chi connectivity index (χ1) is 8.77. The van der Waals surface area contributed by atoms with E-state index in [4.69, 9.17) is 10.4 Å². The van der Waals surface area contributed by atoms with E-state index in [1.54, 1.807) is 0 Å². The number of ketones is 1. The number of carbonyl (C=O) groups excluding carboxylic acids is 1. The lowest BCUT2D eigenvalue weighted by Gasteiger charge is -2.19. The van der Waals surface area contributed by atoms with Crippen LogP contribution in [0, 0.1) is 11.3 Å². The van der Waals surface area contributed by atoms with Gasteiger partial charge < -0.3 is 5.11 Å². The van der Waals surface area contributed by atoms with Crippen molar-refractivity contribution in [1.29, 1.82) is 5.26 Å². The monoisotopic (exact) mass is 248 g/mol. The number of rotatable bonds is 8. The lowest BCUT2D eigenvalue weighted by molar-refractivity contribution is 0.0952. The second-order valence-electron chi connectivity index (χ2n) is 3.74. The minimum absolute atomic E-state index is 0.0186. The molecule has 1 heterocycles. The van der Waals surface area contributed by atoms with Gasteiger partial charge in [0.2, 0.25) is 0 Å². The lowest BCUT2D eigenvalue weighted by atomic mass is 10.2. The molecular formula is C12H16N4O2. The first kappa shape index (κ1) is 14.2. The molecular weight excluding hydrogens is 232 g/mol. The van der Waals surface area contributed by atoms with E-state index in [0.29, 0.717) is 38.2 Å². The molecule has 0 amide bonds. The summed E-state index contributed by atoms with van der Waals surface area (Å²) in [5, 5.41) is 17.4. The molecule has 18 heavy (non-hydrogen) atoms. The highest BCUT2D eigenvalue weighted by Crippen LogP contribution is 2.00. The predicted molar refractivity (Wildman–Crippen MR) is 64.7 cm³/mol. The zero-order valence-electron chi connectivity index (χ0n) is 10.1. The number of nitriles is 1. The topological polar surface area (TPSA) is 90.1 Å². The van der Waals surface area contributed by atoms with Crippen molar-refractivity contribution in [2.24, 2.45) is 0 Å². The minimum Gasteiger partial charge on any atom is -0.395 e. The molecule has 1 aromatic heterocycles. The smallest absolute Gasteiger partial charge is 0.184 e. The van der Waals surface area contributed by atoms with Crippen LogP contribution in [0.15, 0.2) is 18.6 Å². The van der Waals surface area contributed by atoms with Crippen molar-refractivity contribution in [1.82, 2.24) is 14.9 Å². The van der Waals surface area contributed by atoms with Crippen molar-refractivity contribution in [3.05, 3.63) is 24.3 Å². The Morgan fingerprint density at radius 3 is 2.83 bits per heavy atom. The molecule has 0 radical (unpaired) electrons. The Labute approximate surface area is 106 Å². The predicted octanol–water partition coefficient (Wildman–Crippen LogP) is 0.257. The standard InChI is InChI=1S/C12H16N4O2/c13-3-1-6-16(8-9-17)7-2-12(18)11-10-14-4-5-15-11/h4-5,10,17H,1-2,6-9H2. The Morgan fingerprint density at radius 2 is 2.22 bits per heavy atom. The van der Waals surface area contributed by atoms with Gasteiger partial charge in [0.25, 0.3) is 0 Å². The average molecular weight is 248 g/mol. The minimum atomic E-state index is -0.0806. The first-order valence-electron chi connectivity index (χ1n) is 5.77. The van der Waals surface area contributed by atoms with Gasteiger partial charge >= 0.3 is 0 Å². The third-order valence-electron chi connectivity index (χ3n) is 2.46. The van der Waals surface area contributed by atoms with Crippen molar-refractivity contribution in [3.63, 3.8) is 0 Å². The van der Waals surface area contributed by atoms with Gasteiger partial charge in [-0.05, 0) is 0 Å². The van der Waals surface area contributed by atoms with Crippen molar-refractivity contribution in [2.75, 3.05) is 26.2 Å². The second-order valence-corrected chi connectivity index (χ2v) is 3.74. The van der Waals surface area contributed by atoms with E-state index in [0.717, 1.165) is 0 Å². The second kappa shape index (κ2) is 8.28. The van der Waals surface area contributed by atoms with Gasteiger partial charge in [0.1, 0.15) is 5.69 Å². The van der Waals surface area contributed by atoms with Crippen molar-refractivity contribution in [2.45, 2.75) is 12.8 Å². The van der Waals surface area contributed by atoms with Crippen LogP contribution in [0.3, 0.4) is 0 Å². The third-order valence-corrected chi connectivity index (χ3v) is 2.46. The van der Waals surface area contributed by atoms with Gasteiger partial charge in [0, 0.05) is 44.9 Å². The van der Waals surface area contributed by atoms with Crippen LogP contribution < -0.4 is 0 Å². The van der Waals surface area contributed by atoms with E-state index in [2.05, 4.69) is 9.97 Å². The number of carbonyl (C=O) groups is 1. The Balaban J connectivity index is 2.42. The van der Waals surface area contributed by atoms with Gasteiger partial charge in [-0.25, -0.2) is 4.98 Å². The van der Waals surface area contributed by atoms with E-state index in [1.165, 1.54) is 18.6 Å². The first-order valence-corrected chi connectivity index (χ1v) is 5.77. The normalized spacial score (nSPS) is 10.3. The molecule has 0 saturated carbocycles. The fourth-order valence-electron chi connectivity index (χ4n) is 1.52. The van der Waals surface area contributed by atoms with Crippen LogP contribution in [0.4, 0.5) is 0 Å². The Kier molecular flexibility index (Phi) is 6.54. The molecule has 0 unspecified atom stereocenters. The summed E-state index contributed by atoms with van der Waals surface area (Å²) < 4.78 is 0. The molecule has 6 nitrogen and oxygen atoms in total. The van der Waals surface area contributed by atoms with E-state index in [9.17, 15) is 4.79 Å². The summed E-state index contributed by atoms with van der Waals surface area (Å²) in [6.07, 6.45) is 5.13. The van der Waals surface area contributed by atoms with Gasteiger partial charge in [0.05, 0.1) is 18.9 Å². The highest BCUT2D eigenvalue weighted by molar-refractivity contribution is 5.93. The lowest BCUT2D eigenvalue weighted by Crippen LogP contribution is -2.30. The molecule has 0 fully saturated rings. The van der Waals surface area contributed by atoms with Crippen LogP contribution in [0.25, 0.3) is 0 Å². The quantitative estimate of drug-likeness (QED) is 0.663.